The van der Waals surface area contributed by atoms with Crippen LogP contribution < -0.4 is 0 Å². The van der Waals surface area contributed by atoms with E-state index in [1.165, 1.54) is 51.4 Å². The molecule has 3 heteroatoms. The van der Waals surface area contributed by atoms with Gasteiger partial charge in [0, 0.05) is 18.6 Å². The molecule has 0 heterocycles. The van der Waals surface area contributed by atoms with Gasteiger partial charge < -0.3 is 9.47 Å². The number of hydrogen-bond donors (Lipinski definition) is 0. The molecule has 0 aliphatic rings. The fourth-order valence-electron chi connectivity index (χ4n) is 3.15. The summed E-state index contributed by atoms with van der Waals surface area (Å²) in [6.45, 7) is 11.1. The summed E-state index contributed by atoms with van der Waals surface area (Å²) in [4.78, 5) is 0. The van der Waals surface area contributed by atoms with E-state index in [4.69, 9.17) is 21.1 Å². The lowest BCUT2D eigenvalue weighted by Gasteiger charge is -2.18. The van der Waals surface area contributed by atoms with Gasteiger partial charge in [-0.2, -0.15) is 0 Å². The number of rotatable bonds is 17. The maximum Gasteiger partial charge on any atom is 0.146 e. The second-order valence-electron chi connectivity index (χ2n) is 7.31. The summed E-state index contributed by atoms with van der Waals surface area (Å²) in [6.07, 6.45) is 12.6. The van der Waals surface area contributed by atoms with Gasteiger partial charge in [0.05, 0.1) is 0 Å². The van der Waals surface area contributed by atoms with Crippen LogP contribution in [0.3, 0.4) is 0 Å². The van der Waals surface area contributed by atoms with Crippen molar-refractivity contribution in [2.24, 2.45) is 11.8 Å². The molecule has 0 aromatic rings. The normalized spacial score (nSPS) is 15.5. The van der Waals surface area contributed by atoms with Gasteiger partial charge in [-0.25, -0.2) is 0 Å². The third kappa shape index (κ3) is 18.4. The number of hydrogen-bond acceptors (Lipinski definition) is 2. The summed E-state index contributed by atoms with van der Waals surface area (Å²) in [5, 5.41) is 0.296. The monoisotopic (exact) mass is 348 g/mol. The molecule has 0 aliphatic heterocycles. The minimum Gasteiger partial charge on any atom is -0.355 e. The van der Waals surface area contributed by atoms with Crippen LogP contribution in [0.1, 0.15) is 91.9 Å². The summed E-state index contributed by atoms with van der Waals surface area (Å²) in [5.74, 6) is 1.48. The molecule has 0 N–H and O–H groups in total. The number of ether oxygens (including phenoxy) is 2. The van der Waals surface area contributed by atoms with Gasteiger partial charge in [-0.15, -0.1) is 11.6 Å². The van der Waals surface area contributed by atoms with Gasteiger partial charge in [0.1, 0.15) is 6.79 Å². The molecule has 0 radical (unpaired) electrons. The zero-order valence-corrected chi connectivity index (χ0v) is 16.9. The second kappa shape index (κ2) is 17.0. The lowest BCUT2D eigenvalue weighted by atomic mass is 9.91. The Bertz CT molecular complexity index is 234. The molecule has 0 fully saturated rings. The van der Waals surface area contributed by atoms with Crippen LogP contribution >= 0.6 is 11.6 Å². The van der Waals surface area contributed by atoms with Crippen molar-refractivity contribution in [2.45, 2.75) is 97.3 Å². The Labute approximate surface area is 150 Å². The predicted octanol–water partition coefficient (Wildman–Crippen LogP) is 6.80. The van der Waals surface area contributed by atoms with Gasteiger partial charge in [0.2, 0.25) is 0 Å². The first-order valence-electron chi connectivity index (χ1n) is 9.85. The molecule has 0 amide bonds. The van der Waals surface area contributed by atoms with Crippen LogP contribution in [0.15, 0.2) is 0 Å². The quantitative estimate of drug-likeness (QED) is 0.163. The van der Waals surface area contributed by atoms with Crippen molar-refractivity contribution in [1.82, 2.24) is 0 Å². The van der Waals surface area contributed by atoms with E-state index in [0.717, 1.165) is 37.9 Å². The van der Waals surface area contributed by atoms with Crippen LogP contribution in [0.2, 0.25) is 0 Å². The van der Waals surface area contributed by atoms with Crippen molar-refractivity contribution in [3.05, 3.63) is 0 Å². The molecule has 23 heavy (non-hydrogen) atoms. The number of unbranched alkanes of at least 4 members (excludes halogenated alkanes) is 5. The Hall–Kier alpha value is 0.210. The average Bonchev–Trinajstić information content (AvgIpc) is 2.47. The predicted molar refractivity (Wildman–Crippen MR) is 102 cm³/mol. The zero-order chi connectivity index (χ0) is 17.3. The summed E-state index contributed by atoms with van der Waals surface area (Å²) < 4.78 is 11.1. The minimum atomic E-state index is 0.296. The van der Waals surface area contributed by atoms with Crippen LogP contribution in [0.5, 0.6) is 0 Å². The minimum absolute atomic E-state index is 0.296. The molecule has 0 saturated carbocycles. The third-order valence-electron chi connectivity index (χ3n) is 4.33. The van der Waals surface area contributed by atoms with E-state index in [2.05, 4.69) is 27.7 Å². The van der Waals surface area contributed by atoms with Gasteiger partial charge in [-0.05, 0) is 50.9 Å². The van der Waals surface area contributed by atoms with Gasteiger partial charge >= 0.3 is 0 Å². The standard InChI is InChI=1S/C20H41ClO2/c1-5-6-7-8-9-10-13-22-17-23-14-11-12-18(2)15-19(3)16-20(4)21/h18-20H,5-17H2,1-4H3. The summed E-state index contributed by atoms with van der Waals surface area (Å²) in [7, 11) is 0. The maximum absolute atomic E-state index is 6.05. The van der Waals surface area contributed by atoms with E-state index in [1.54, 1.807) is 0 Å². The van der Waals surface area contributed by atoms with Crippen molar-refractivity contribution in [3.8, 4) is 0 Å². The van der Waals surface area contributed by atoms with Crippen LogP contribution in [0, 0.1) is 11.8 Å². The molecule has 3 unspecified atom stereocenters. The highest BCUT2D eigenvalue weighted by Crippen LogP contribution is 2.21. The highest BCUT2D eigenvalue weighted by atomic mass is 35.5. The lowest BCUT2D eigenvalue weighted by molar-refractivity contribution is -0.0561. The molecular weight excluding hydrogens is 308 g/mol. The molecule has 0 rings (SSSR count). The lowest BCUT2D eigenvalue weighted by Crippen LogP contribution is -2.09. The second-order valence-corrected chi connectivity index (χ2v) is 8.05. The fourth-order valence-corrected chi connectivity index (χ4v) is 3.45. The molecule has 2 nitrogen and oxygen atoms in total. The fraction of sp³-hybridized carbons (Fsp3) is 1.00. The Balaban J connectivity index is 3.23. The molecule has 0 aliphatic carbocycles. The van der Waals surface area contributed by atoms with Crippen molar-refractivity contribution in [1.29, 1.82) is 0 Å². The van der Waals surface area contributed by atoms with Gasteiger partial charge in [0.15, 0.2) is 0 Å². The first kappa shape index (κ1) is 23.2. The summed E-state index contributed by atoms with van der Waals surface area (Å²) in [5.41, 5.74) is 0. The molecule has 0 bridgehead atoms. The maximum atomic E-state index is 6.05. The van der Waals surface area contributed by atoms with E-state index in [1.807, 2.05) is 0 Å². The van der Waals surface area contributed by atoms with E-state index >= 15 is 0 Å². The molecule has 0 aromatic carbocycles. The SMILES string of the molecule is CCCCCCCCOCOCCCC(C)CC(C)CC(C)Cl. The molecule has 140 valence electrons. The van der Waals surface area contributed by atoms with Gasteiger partial charge in [-0.3, -0.25) is 0 Å². The van der Waals surface area contributed by atoms with E-state index in [-0.39, 0.29) is 0 Å². The Morgan fingerprint density at radius 3 is 2.00 bits per heavy atom. The van der Waals surface area contributed by atoms with Crippen molar-refractivity contribution in [2.75, 3.05) is 20.0 Å². The molecule has 0 aromatic heterocycles. The van der Waals surface area contributed by atoms with Crippen LogP contribution in [-0.2, 0) is 9.47 Å². The molecular formula is C20H41ClO2. The summed E-state index contributed by atoms with van der Waals surface area (Å²) in [6, 6.07) is 0. The largest absolute Gasteiger partial charge is 0.355 e. The topological polar surface area (TPSA) is 18.5 Å². The number of halogens is 1. The first-order chi connectivity index (χ1) is 11.1. The third-order valence-corrected chi connectivity index (χ3v) is 4.50. The Kier molecular flexibility index (Phi) is 17.2. The molecule has 0 spiro atoms. The van der Waals surface area contributed by atoms with Crippen LogP contribution in [-0.4, -0.2) is 25.4 Å². The molecule has 3 atom stereocenters. The van der Waals surface area contributed by atoms with Crippen LogP contribution in [0.25, 0.3) is 0 Å². The summed E-state index contributed by atoms with van der Waals surface area (Å²) >= 11 is 6.05. The highest BCUT2D eigenvalue weighted by molar-refractivity contribution is 6.20. The van der Waals surface area contributed by atoms with E-state index in [0.29, 0.717) is 12.2 Å². The molecule has 0 saturated heterocycles. The van der Waals surface area contributed by atoms with Crippen LogP contribution in [0.4, 0.5) is 0 Å². The van der Waals surface area contributed by atoms with Gasteiger partial charge in [-0.1, -0.05) is 52.9 Å². The van der Waals surface area contributed by atoms with Crippen molar-refractivity contribution < 1.29 is 9.47 Å². The smallest absolute Gasteiger partial charge is 0.146 e. The van der Waals surface area contributed by atoms with E-state index < -0.39 is 0 Å². The van der Waals surface area contributed by atoms with E-state index in [9.17, 15) is 0 Å². The Morgan fingerprint density at radius 2 is 1.35 bits per heavy atom. The highest BCUT2D eigenvalue weighted by Gasteiger charge is 2.11. The average molecular weight is 349 g/mol. The van der Waals surface area contributed by atoms with Crippen molar-refractivity contribution >= 4 is 11.6 Å². The van der Waals surface area contributed by atoms with Gasteiger partial charge in [0.25, 0.3) is 0 Å². The number of alkyl halides is 1. The van der Waals surface area contributed by atoms with Crippen molar-refractivity contribution in [3.63, 3.8) is 0 Å². The zero-order valence-electron chi connectivity index (χ0n) is 16.1. The first-order valence-corrected chi connectivity index (χ1v) is 10.3. The Morgan fingerprint density at radius 1 is 0.739 bits per heavy atom.